The van der Waals surface area contributed by atoms with Crippen LogP contribution in [-0.4, -0.2) is 8.42 Å². The van der Waals surface area contributed by atoms with Gasteiger partial charge in [0.15, 0.2) is 0 Å². The van der Waals surface area contributed by atoms with Gasteiger partial charge in [-0.3, -0.25) is 0 Å². The van der Waals surface area contributed by atoms with Crippen LogP contribution in [0.2, 0.25) is 0 Å². The summed E-state index contributed by atoms with van der Waals surface area (Å²) < 4.78 is 26.7. The molecule has 0 saturated carbocycles. The van der Waals surface area contributed by atoms with Gasteiger partial charge in [0, 0.05) is 0 Å². The summed E-state index contributed by atoms with van der Waals surface area (Å²) in [5.41, 5.74) is 1.67. The van der Waals surface area contributed by atoms with Gasteiger partial charge in [-0.1, -0.05) is 127 Å². The molecular formula is C30H44NiO4S. The van der Waals surface area contributed by atoms with E-state index in [9.17, 15) is 18.6 Å². The minimum Gasteiger partial charge on any atom is -0.872 e. The first-order valence-electron chi connectivity index (χ1n) is 13.7. The van der Waals surface area contributed by atoms with Gasteiger partial charge >= 0.3 is 16.5 Å². The van der Waals surface area contributed by atoms with E-state index in [1.807, 2.05) is 0 Å². The molecule has 36 heavy (non-hydrogen) atoms. The third kappa shape index (κ3) is 10.8. The molecule has 2 aromatic carbocycles. The van der Waals surface area contributed by atoms with Crippen molar-refractivity contribution >= 4 is 9.84 Å². The molecule has 0 heterocycles. The SMILES string of the molecule is CCCCCCCCCc1ccc([O-])c(S(=O)(=O)c2cc(CCCCCCCCC)ccc2[O-])c1.[Ni+2]. The van der Waals surface area contributed by atoms with Crippen LogP contribution in [0.25, 0.3) is 0 Å². The molecule has 0 spiro atoms. The molecule has 0 bridgehead atoms. The average molecular weight is 559 g/mol. The minimum atomic E-state index is -4.16. The summed E-state index contributed by atoms with van der Waals surface area (Å²) in [6.45, 7) is 4.40. The standard InChI is InChI=1S/C30H46O4S.Ni/c1-3-5-7-9-11-13-15-17-25-19-21-27(31)29(23-25)35(33,34)30-24-26(20-22-28(30)32)18-16-14-12-10-8-6-4-2;/h19-24,31-32H,3-18H2,1-2H3;/q;+2/p-2. The summed E-state index contributed by atoms with van der Waals surface area (Å²) in [7, 11) is -4.16. The van der Waals surface area contributed by atoms with Gasteiger partial charge in [0.25, 0.3) is 0 Å². The molecule has 0 radical (unpaired) electrons. The van der Waals surface area contributed by atoms with Gasteiger partial charge in [-0.2, -0.15) is 0 Å². The number of aryl methyl sites for hydroxylation is 2. The van der Waals surface area contributed by atoms with E-state index in [0.29, 0.717) is 0 Å². The molecule has 0 amide bonds. The number of hydrogen-bond acceptors (Lipinski definition) is 4. The second-order valence-electron chi connectivity index (χ2n) is 9.81. The van der Waals surface area contributed by atoms with Crippen LogP contribution in [0.1, 0.15) is 115 Å². The Morgan fingerprint density at radius 2 is 0.889 bits per heavy atom. The van der Waals surface area contributed by atoms with Crippen molar-refractivity contribution in [3.8, 4) is 11.5 Å². The number of benzene rings is 2. The predicted octanol–water partition coefficient (Wildman–Crippen LogP) is 7.25. The molecule has 0 aromatic heterocycles. The Morgan fingerprint density at radius 1 is 0.556 bits per heavy atom. The van der Waals surface area contributed by atoms with Gasteiger partial charge in [0.1, 0.15) is 0 Å². The van der Waals surface area contributed by atoms with Gasteiger partial charge in [-0.15, -0.1) is 0 Å². The van der Waals surface area contributed by atoms with Gasteiger partial charge in [-0.05, 0) is 48.9 Å². The van der Waals surface area contributed by atoms with Gasteiger partial charge in [0.2, 0.25) is 9.84 Å². The molecule has 0 aliphatic carbocycles. The third-order valence-electron chi connectivity index (χ3n) is 6.73. The van der Waals surface area contributed by atoms with Crippen molar-refractivity contribution in [3.05, 3.63) is 47.5 Å². The van der Waals surface area contributed by atoms with Crippen LogP contribution in [0.15, 0.2) is 46.2 Å². The Balaban J connectivity index is 0.00000648. The Bertz CT molecular complexity index is 915. The molecule has 2 rings (SSSR count). The van der Waals surface area contributed by atoms with Crippen molar-refractivity contribution in [2.75, 3.05) is 0 Å². The summed E-state index contributed by atoms with van der Waals surface area (Å²) in [6, 6.07) is 9.06. The van der Waals surface area contributed by atoms with Crippen molar-refractivity contribution in [3.63, 3.8) is 0 Å². The molecule has 0 N–H and O–H groups in total. The number of hydrogen-bond donors (Lipinski definition) is 0. The molecule has 0 unspecified atom stereocenters. The number of rotatable bonds is 18. The van der Waals surface area contributed by atoms with E-state index < -0.39 is 21.3 Å². The van der Waals surface area contributed by atoms with Crippen molar-refractivity contribution < 1.29 is 35.1 Å². The minimum absolute atomic E-state index is 0. The molecule has 0 aliphatic heterocycles. The molecule has 0 atom stereocenters. The summed E-state index contributed by atoms with van der Waals surface area (Å²) in [5.74, 6) is -1.10. The maximum absolute atomic E-state index is 13.3. The fraction of sp³-hybridized carbons (Fsp3) is 0.600. The summed E-state index contributed by atoms with van der Waals surface area (Å²) >= 11 is 0. The molecular weight excluding hydrogens is 515 g/mol. The largest absolute Gasteiger partial charge is 2.00 e. The van der Waals surface area contributed by atoms with Gasteiger partial charge in [0.05, 0.1) is 9.79 Å². The maximum Gasteiger partial charge on any atom is 2.00 e. The van der Waals surface area contributed by atoms with Crippen molar-refractivity contribution in [2.45, 2.75) is 126 Å². The number of sulfone groups is 1. The van der Waals surface area contributed by atoms with Gasteiger partial charge < -0.3 is 10.2 Å². The second-order valence-corrected chi connectivity index (χ2v) is 11.7. The van der Waals surface area contributed by atoms with Crippen LogP contribution in [0.5, 0.6) is 11.5 Å². The quantitative estimate of drug-likeness (QED) is 0.142. The molecule has 0 saturated heterocycles. The van der Waals surface area contributed by atoms with E-state index in [1.54, 1.807) is 12.1 Å². The Morgan fingerprint density at radius 3 is 1.25 bits per heavy atom. The molecule has 4 nitrogen and oxygen atoms in total. The summed E-state index contributed by atoms with van der Waals surface area (Å²) in [6.07, 6.45) is 17.9. The monoisotopic (exact) mass is 558 g/mol. The molecule has 0 aliphatic rings. The normalized spacial score (nSPS) is 11.4. The first-order chi connectivity index (χ1) is 16.9. The molecule has 6 heteroatoms. The van der Waals surface area contributed by atoms with Crippen molar-refractivity contribution in [1.82, 2.24) is 0 Å². The smallest absolute Gasteiger partial charge is 0.872 e. The zero-order valence-corrected chi connectivity index (χ0v) is 23.9. The Labute approximate surface area is 229 Å². The fourth-order valence-corrected chi connectivity index (χ4v) is 6.04. The fourth-order valence-electron chi connectivity index (χ4n) is 4.53. The van der Waals surface area contributed by atoms with Crippen molar-refractivity contribution in [2.24, 2.45) is 0 Å². The van der Waals surface area contributed by atoms with E-state index >= 15 is 0 Å². The predicted molar refractivity (Wildman–Crippen MR) is 141 cm³/mol. The Hall–Kier alpha value is -1.52. The average Bonchev–Trinajstić information content (AvgIpc) is 2.84. The third-order valence-corrected chi connectivity index (χ3v) is 8.53. The van der Waals surface area contributed by atoms with E-state index in [4.69, 9.17) is 0 Å². The molecule has 2 aromatic rings. The first-order valence-corrected chi connectivity index (χ1v) is 15.2. The van der Waals surface area contributed by atoms with Crippen LogP contribution in [0.4, 0.5) is 0 Å². The van der Waals surface area contributed by atoms with Gasteiger partial charge in [-0.25, -0.2) is 8.42 Å². The van der Waals surface area contributed by atoms with E-state index in [0.717, 1.165) is 49.7 Å². The maximum atomic E-state index is 13.3. The summed E-state index contributed by atoms with van der Waals surface area (Å²) in [5, 5.41) is 25.0. The van der Waals surface area contributed by atoms with Crippen LogP contribution in [-0.2, 0) is 39.2 Å². The molecule has 0 fully saturated rings. The molecule has 204 valence electrons. The number of unbranched alkanes of at least 4 members (excludes halogenated alkanes) is 12. The van der Waals surface area contributed by atoms with Crippen LogP contribution in [0.3, 0.4) is 0 Å². The second kappa shape index (κ2) is 17.9. The zero-order valence-electron chi connectivity index (χ0n) is 22.1. The van der Waals surface area contributed by atoms with Crippen molar-refractivity contribution in [1.29, 1.82) is 0 Å². The van der Waals surface area contributed by atoms with Crippen LogP contribution in [0, 0.1) is 0 Å². The summed E-state index contributed by atoms with van der Waals surface area (Å²) in [4.78, 5) is -0.550. The topological polar surface area (TPSA) is 80.3 Å². The first kappa shape index (κ1) is 32.5. The van der Waals surface area contributed by atoms with E-state index in [-0.39, 0.29) is 26.3 Å². The van der Waals surface area contributed by atoms with Crippen LogP contribution >= 0.6 is 0 Å². The zero-order chi connectivity index (χ0) is 25.5. The van der Waals surface area contributed by atoms with Crippen LogP contribution < -0.4 is 10.2 Å². The van der Waals surface area contributed by atoms with E-state index in [1.165, 1.54) is 88.5 Å². The Kier molecular flexibility index (Phi) is 16.1. The van der Waals surface area contributed by atoms with E-state index in [2.05, 4.69) is 13.8 Å².